The molecule has 1 aliphatic rings. The zero-order valence-electron chi connectivity index (χ0n) is 15.0. The van der Waals surface area contributed by atoms with Gasteiger partial charge in [0.15, 0.2) is 5.17 Å². The molecular formula is C18H13F3N4O4S. The molecule has 1 fully saturated rings. The second kappa shape index (κ2) is 8.53. The summed E-state index contributed by atoms with van der Waals surface area (Å²) in [6.45, 7) is 0. The molecular weight excluding hydrogens is 425 g/mol. The van der Waals surface area contributed by atoms with E-state index in [9.17, 15) is 32.9 Å². The summed E-state index contributed by atoms with van der Waals surface area (Å²) in [4.78, 5) is 38.3. The van der Waals surface area contributed by atoms with Crippen LogP contribution in [0.3, 0.4) is 0 Å². The Balaban J connectivity index is 1.68. The summed E-state index contributed by atoms with van der Waals surface area (Å²) in [6.07, 6.45) is -4.90. The maximum absolute atomic E-state index is 13.1. The van der Waals surface area contributed by atoms with Crippen LogP contribution in [0.1, 0.15) is 12.0 Å². The highest BCUT2D eigenvalue weighted by molar-refractivity contribution is 8.15. The van der Waals surface area contributed by atoms with Gasteiger partial charge in [-0.15, -0.1) is 0 Å². The molecule has 2 aromatic carbocycles. The number of anilines is 1. The number of nitro benzene ring substituents is 1. The third-order valence-electron chi connectivity index (χ3n) is 3.92. The average Bonchev–Trinajstić information content (AvgIpc) is 3.00. The highest BCUT2D eigenvalue weighted by Gasteiger charge is 2.35. The molecule has 1 heterocycles. The van der Waals surface area contributed by atoms with Gasteiger partial charge in [-0.2, -0.15) is 13.2 Å². The number of aliphatic imine (C=N–C) groups is 1. The van der Waals surface area contributed by atoms with Crippen LogP contribution in [0.2, 0.25) is 0 Å². The van der Waals surface area contributed by atoms with Crippen molar-refractivity contribution in [2.24, 2.45) is 4.99 Å². The van der Waals surface area contributed by atoms with E-state index in [0.717, 1.165) is 17.8 Å². The maximum atomic E-state index is 13.1. The summed E-state index contributed by atoms with van der Waals surface area (Å²) in [5, 5.41) is 14.6. The van der Waals surface area contributed by atoms with Crippen molar-refractivity contribution < 1.29 is 27.7 Å². The first-order valence-corrected chi connectivity index (χ1v) is 9.28. The van der Waals surface area contributed by atoms with Crippen molar-refractivity contribution in [3.63, 3.8) is 0 Å². The van der Waals surface area contributed by atoms with E-state index in [4.69, 9.17) is 0 Å². The molecule has 156 valence electrons. The van der Waals surface area contributed by atoms with Gasteiger partial charge in [0.1, 0.15) is 5.25 Å². The fraction of sp³-hybridized carbons (Fsp3) is 0.167. The van der Waals surface area contributed by atoms with Gasteiger partial charge in [0.25, 0.3) is 5.69 Å². The van der Waals surface area contributed by atoms with Crippen LogP contribution in [-0.4, -0.2) is 27.2 Å². The van der Waals surface area contributed by atoms with E-state index in [1.54, 1.807) is 0 Å². The predicted octanol–water partition coefficient (Wildman–Crippen LogP) is 3.86. The van der Waals surface area contributed by atoms with Crippen LogP contribution in [0.25, 0.3) is 0 Å². The van der Waals surface area contributed by atoms with Crippen LogP contribution in [0.5, 0.6) is 0 Å². The number of carbonyl (C=O) groups excluding carboxylic acids is 2. The summed E-state index contributed by atoms with van der Waals surface area (Å²) in [5.41, 5.74) is -1.32. The van der Waals surface area contributed by atoms with Crippen LogP contribution in [0, 0.1) is 10.1 Å². The second-order valence-corrected chi connectivity index (χ2v) is 7.28. The molecule has 8 nitrogen and oxygen atoms in total. The largest absolute Gasteiger partial charge is 0.418 e. The zero-order chi connectivity index (χ0) is 21.9. The standard InChI is InChI=1S/C18H13F3N4O4S/c19-18(20,21)12-6-1-2-7-13(12)23-17-24-16(27)14(30-17)9-15(26)22-10-4-3-5-11(8-10)25(28)29/h1-8,14H,9H2,(H,22,26)(H,23,24,27). The van der Waals surface area contributed by atoms with Crippen molar-refractivity contribution in [2.75, 3.05) is 5.32 Å². The van der Waals surface area contributed by atoms with Crippen molar-refractivity contribution in [3.8, 4) is 0 Å². The molecule has 2 aromatic rings. The molecule has 0 radical (unpaired) electrons. The molecule has 1 saturated heterocycles. The van der Waals surface area contributed by atoms with Crippen LogP contribution in [0.15, 0.2) is 53.5 Å². The fourth-order valence-corrected chi connectivity index (χ4v) is 3.57. The van der Waals surface area contributed by atoms with Crippen LogP contribution >= 0.6 is 11.8 Å². The van der Waals surface area contributed by atoms with Crippen LogP contribution in [-0.2, 0) is 15.8 Å². The molecule has 0 bridgehead atoms. The Kier molecular flexibility index (Phi) is 6.06. The molecule has 1 aliphatic heterocycles. The number of para-hydroxylation sites is 1. The molecule has 2 N–H and O–H groups in total. The number of nitrogens with zero attached hydrogens (tertiary/aromatic N) is 2. The second-order valence-electron chi connectivity index (χ2n) is 6.09. The number of amides is 2. The van der Waals surface area contributed by atoms with Gasteiger partial charge in [-0.1, -0.05) is 30.0 Å². The number of carbonyl (C=O) groups is 2. The van der Waals surface area contributed by atoms with E-state index in [1.165, 1.54) is 42.5 Å². The number of thioether (sulfide) groups is 1. The van der Waals surface area contributed by atoms with Crippen molar-refractivity contribution in [3.05, 3.63) is 64.2 Å². The third-order valence-corrected chi connectivity index (χ3v) is 5.00. The predicted molar refractivity (Wildman–Crippen MR) is 104 cm³/mol. The topological polar surface area (TPSA) is 114 Å². The average molecular weight is 438 g/mol. The Hall–Kier alpha value is -3.41. The minimum absolute atomic E-state index is 0.0511. The summed E-state index contributed by atoms with van der Waals surface area (Å²) in [7, 11) is 0. The van der Waals surface area contributed by atoms with Crippen LogP contribution in [0.4, 0.5) is 30.2 Å². The van der Waals surface area contributed by atoms with Crippen molar-refractivity contribution in [1.29, 1.82) is 0 Å². The van der Waals surface area contributed by atoms with Gasteiger partial charge in [0.05, 0.1) is 16.2 Å². The van der Waals surface area contributed by atoms with Gasteiger partial charge in [-0.25, -0.2) is 4.99 Å². The molecule has 0 saturated carbocycles. The van der Waals surface area contributed by atoms with Crippen LogP contribution < -0.4 is 10.6 Å². The van der Waals surface area contributed by atoms with Gasteiger partial charge < -0.3 is 10.6 Å². The maximum Gasteiger partial charge on any atom is 0.418 e. The number of amidine groups is 1. The molecule has 30 heavy (non-hydrogen) atoms. The molecule has 0 aliphatic carbocycles. The van der Waals surface area contributed by atoms with Gasteiger partial charge in [-0.05, 0) is 18.2 Å². The van der Waals surface area contributed by atoms with Crippen molar-refractivity contribution in [1.82, 2.24) is 5.32 Å². The minimum atomic E-state index is -4.61. The highest BCUT2D eigenvalue weighted by Crippen LogP contribution is 2.37. The Morgan fingerprint density at radius 1 is 1.23 bits per heavy atom. The van der Waals surface area contributed by atoms with Gasteiger partial charge in [0.2, 0.25) is 11.8 Å². The lowest BCUT2D eigenvalue weighted by Gasteiger charge is -2.09. The number of hydrogen-bond donors (Lipinski definition) is 2. The quantitative estimate of drug-likeness (QED) is 0.544. The van der Waals surface area contributed by atoms with Gasteiger partial charge >= 0.3 is 6.18 Å². The number of benzene rings is 2. The first kappa shape index (κ1) is 21.3. The number of nitro groups is 1. The Labute approximate surface area is 171 Å². The molecule has 0 aromatic heterocycles. The smallest absolute Gasteiger partial charge is 0.326 e. The highest BCUT2D eigenvalue weighted by atomic mass is 32.2. The van der Waals surface area contributed by atoms with Crippen molar-refractivity contribution >= 4 is 45.8 Å². The fourth-order valence-electron chi connectivity index (χ4n) is 2.59. The summed E-state index contributed by atoms with van der Waals surface area (Å²) in [5.74, 6) is -1.16. The Morgan fingerprint density at radius 3 is 2.67 bits per heavy atom. The number of rotatable bonds is 5. The molecule has 0 spiro atoms. The molecule has 12 heteroatoms. The van der Waals surface area contributed by atoms with Gasteiger partial charge in [0, 0.05) is 24.2 Å². The lowest BCUT2D eigenvalue weighted by molar-refractivity contribution is -0.384. The van der Waals surface area contributed by atoms with E-state index >= 15 is 0 Å². The monoisotopic (exact) mass is 438 g/mol. The number of non-ortho nitro benzene ring substituents is 1. The lowest BCUT2D eigenvalue weighted by atomic mass is 10.2. The summed E-state index contributed by atoms with van der Waals surface area (Å²) in [6, 6.07) is 9.95. The summed E-state index contributed by atoms with van der Waals surface area (Å²) >= 11 is 0.833. The number of hydrogen-bond acceptors (Lipinski definition) is 6. The zero-order valence-corrected chi connectivity index (χ0v) is 15.8. The summed E-state index contributed by atoms with van der Waals surface area (Å²) < 4.78 is 39.2. The van der Waals surface area contributed by atoms with E-state index in [-0.39, 0.29) is 28.7 Å². The number of alkyl halides is 3. The normalized spacial score (nSPS) is 17.6. The van der Waals surface area contributed by atoms with Gasteiger partial charge in [-0.3, -0.25) is 19.7 Å². The Bertz CT molecular complexity index is 1040. The number of halogens is 3. The van der Waals surface area contributed by atoms with E-state index in [2.05, 4.69) is 15.6 Å². The third kappa shape index (κ3) is 5.14. The van der Waals surface area contributed by atoms with E-state index < -0.39 is 33.7 Å². The first-order valence-electron chi connectivity index (χ1n) is 8.40. The Morgan fingerprint density at radius 2 is 1.97 bits per heavy atom. The molecule has 1 unspecified atom stereocenters. The lowest BCUT2D eigenvalue weighted by Crippen LogP contribution is -2.28. The first-order chi connectivity index (χ1) is 14.1. The molecule has 1 atom stereocenters. The number of nitrogens with one attached hydrogen (secondary N) is 2. The SMILES string of the molecule is O=C(CC1SC(=Nc2ccccc2C(F)(F)F)NC1=O)Nc1cccc([N+](=O)[O-])c1. The minimum Gasteiger partial charge on any atom is -0.326 e. The molecule has 2 amide bonds. The molecule has 3 rings (SSSR count). The van der Waals surface area contributed by atoms with Crippen molar-refractivity contribution in [2.45, 2.75) is 17.8 Å². The van der Waals surface area contributed by atoms with E-state index in [0.29, 0.717) is 0 Å². The van der Waals surface area contributed by atoms with E-state index in [1.807, 2.05) is 0 Å².